The largest absolute Gasteiger partial charge is 0.396 e. The first kappa shape index (κ1) is 22.0. The van der Waals surface area contributed by atoms with Gasteiger partial charge in [-0.1, -0.05) is 103 Å². The van der Waals surface area contributed by atoms with Crippen LogP contribution in [0.3, 0.4) is 0 Å². The lowest BCUT2D eigenvalue weighted by atomic mass is 10.0. The van der Waals surface area contributed by atoms with Gasteiger partial charge in [-0.3, -0.25) is 0 Å². The molecule has 4 nitrogen and oxygen atoms in total. The Morgan fingerprint density at radius 2 is 0.895 bits per heavy atom. The lowest BCUT2D eigenvalue weighted by Gasteiger charge is -2.18. The van der Waals surface area contributed by atoms with E-state index in [1.54, 1.807) is 0 Å². The minimum Gasteiger partial charge on any atom is -0.396 e. The molecule has 182 valence electrons. The van der Waals surface area contributed by atoms with Gasteiger partial charge in [0.1, 0.15) is 0 Å². The highest BCUT2D eigenvalue weighted by Crippen LogP contribution is 2.46. The second-order valence-corrected chi connectivity index (χ2v) is 9.45. The van der Waals surface area contributed by atoms with E-state index in [-0.39, 0.29) is 0 Å². The van der Waals surface area contributed by atoms with Crippen LogP contribution in [0.25, 0.3) is 55.7 Å². The van der Waals surface area contributed by atoms with Crippen LogP contribution in [0, 0.1) is 0 Å². The van der Waals surface area contributed by atoms with Crippen LogP contribution in [0.15, 0.2) is 133 Å². The molecule has 0 aliphatic carbocycles. The fourth-order valence-electron chi connectivity index (χ4n) is 5.62. The smallest absolute Gasteiger partial charge is 0.0964 e. The van der Waals surface area contributed by atoms with E-state index in [4.69, 9.17) is 11.5 Å². The summed E-state index contributed by atoms with van der Waals surface area (Å²) < 4.78 is 4.51. The van der Waals surface area contributed by atoms with Crippen LogP contribution in [-0.4, -0.2) is 9.13 Å². The summed E-state index contributed by atoms with van der Waals surface area (Å²) in [4.78, 5) is 0. The molecule has 38 heavy (non-hydrogen) atoms. The summed E-state index contributed by atoms with van der Waals surface area (Å²) in [6, 6.07) is 45.9. The highest BCUT2D eigenvalue weighted by Gasteiger charge is 2.26. The topological polar surface area (TPSA) is 61.9 Å². The molecule has 0 amide bonds. The summed E-state index contributed by atoms with van der Waals surface area (Å²) in [5.74, 6) is 0. The lowest BCUT2D eigenvalue weighted by molar-refractivity contribution is 1.07. The van der Waals surface area contributed by atoms with E-state index in [9.17, 15) is 0 Å². The van der Waals surface area contributed by atoms with Gasteiger partial charge < -0.3 is 20.6 Å². The zero-order chi connectivity index (χ0) is 25.6. The van der Waals surface area contributed by atoms with Gasteiger partial charge in [0.25, 0.3) is 0 Å². The van der Waals surface area contributed by atoms with Crippen LogP contribution in [0.1, 0.15) is 0 Å². The van der Waals surface area contributed by atoms with Crippen molar-refractivity contribution < 1.29 is 0 Å². The van der Waals surface area contributed by atoms with Crippen LogP contribution < -0.4 is 11.5 Å². The minimum atomic E-state index is 0.704. The van der Waals surface area contributed by atoms with Crippen molar-refractivity contribution >= 4 is 33.2 Å². The van der Waals surface area contributed by atoms with E-state index >= 15 is 0 Å². The average Bonchev–Trinajstić information content (AvgIpc) is 3.44. The van der Waals surface area contributed by atoms with Gasteiger partial charge in [0.05, 0.1) is 39.5 Å². The van der Waals surface area contributed by atoms with Gasteiger partial charge in [-0.05, 0) is 35.9 Å². The van der Waals surface area contributed by atoms with Gasteiger partial charge in [-0.25, -0.2) is 0 Å². The fourth-order valence-corrected chi connectivity index (χ4v) is 5.62. The maximum Gasteiger partial charge on any atom is 0.0964 e. The fraction of sp³-hybridized carbons (Fsp3) is 0. The predicted octanol–water partition coefficient (Wildman–Crippen LogP) is 8.07. The second kappa shape index (κ2) is 8.71. The van der Waals surface area contributed by atoms with E-state index < -0.39 is 0 Å². The number of nitrogen functional groups attached to an aromatic ring is 2. The molecule has 0 saturated heterocycles. The minimum absolute atomic E-state index is 0.704. The average molecular weight is 491 g/mol. The summed E-state index contributed by atoms with van der Waals surface area (Å²) in [5, 5.41) is 1.99. The molecule has 2 aromatic heterocycles. The second-order valence-electron chi connectivity index (χ2n) is 9.45. The molecule has 4 heteroatoms. The first-order valence-electron chi connectivity index (χ1n) is 12.7. The van der Waals surface area contributed by atoms with E-state index in [2.05, 4.69) is 106 Å². The number of benzene rings is 5. The van der Waals surface area contributed by atoms with Crippen LogP contribution >= 0.6 is 0 Å². The number of fused-ring (bicyclic) bond motifs is 2. The lowest BCUT2D eigenvalue weighted by Crippen LogP contribution is -2.06. The molecule has 0 fully saturated rings. The summed E-state index contributed by atoms with van der Waals surface area (Å²) >= 11 is 0. The molecule has 0 bridgehead atoms. The molecule has 7 aromatic rings. The maximum absolute atomic E-state index is 7.05. The Labute approximate surface area is 221 Å². The molecule has 0 radical (unpaired) electrons. The molecule has 0 atom stereocenters. The molecule has 5 aromatic carbocycles. The molecule has 0 aliphatic rings. The van der Waals surface area contributed by atoms with Gasteiger partial charge in [0.2, 0.25) is 0 Å². The third-order valence-electron chi connectivity index (χ3n) is 7.30. The van der Waals surface area contributed by atoms with Gasteiger partial charge in [-0.2, -0.15) is 0 Å². The quantitative estimate of drug-likeness (QED) is 0.262. The van der Waals surface area contributed by atoms with E-state index in [0.29, 0.717) is 11.4 Å². The first-order chi connectivity index (χ1) is 18.7. The summed E-state index contributed by atoms with van der Waals surface area (Å²) in [6.07, 6.45) is 0. The Morgan fingerprint density at radius 3 is 1.55 bits per heavy atom. The van der Waals surface area contributed by atoms with Crippen LogP contribution in [0.4, 0.5) is 11.4 Å². The highest BCUT2D eigenvalue weighted by atomic mass is 15.1. The van der Waals surface area contributed by atoms with E-state index in [1.807, 2.05) is 36.4 Å². The van der Waals surface area contributed by atoms with Gasteiger partial charge in [0, 0.05) is 22.0 Å². The summed E-state index contributed by atoms with van der Waals surface area (Å²) in [7, 11) is 0. The third-order valence-corrected chi connectivity index (χ3v) is 7.30. The molecule has 0 aliphatic heterocycles. The Hall–Kier alpha value is -5.22. The molecule has 2 heterocycles. The highest BCUT2D eigenvalue weighted by molar-refractivity contribution is 6.09. The molecule has 0 unspecified atom stereocenters. The number of nitrogens with zero attached hydrogens (tertiary/aromatic N) is 2. The van der Waals surface area contributed by atoms with Crippen LogP contribution in [-0.2, 0) is 0 Å². The standard InChI is InChI=1S/C34H26N4/c35-31-26-18-8-11-21-29(26)37(24-15-5-2-6-16-24)33(31)34-32(36)27-19-9-12-22-30(27)38(34)28-20-10-7-17-25(28)23-13-3-1-4-14-23/h1-22H,35-36H2. The maximum atomic E-state index is 7.05. The van der Waals surface area contributed by atoms with Gasteiger partial charge >= 0.3 is 0 Å². The summed E-state index contributed by atoms with van der Waals surface area (Å²) in [6.45, 7) is 0. The molecular weight excluding hydrogens is 464 g/mol. The monoisotopic (exact) mass is 490 g/mol. The first-order valence-corrected chi connectivity index (χ1v) is 12.7. The van der Waals surface area contributed by atoms with Crippen molar-refractivity contribution in [2.24, 2.45) is 0 Å². The van der Waals surface area contributed by atoms with Crippen molar-refractivity contribution in [1.29, 1.82) is 0 Å². The van der Waals surface area contributed by atoms with E-state index in [0.717, 1.165) is 55.7 Å². The molecule has 7 rings (SSSR count). The van der Waals surface area contributed by atoms with Crippen molar-refractivity contribution in [1.82, 2.24) is 9.13 Å². The normalized spacial score (nSPS) is 11.4. The van der Waals surface area contributed by atoms with Crippen molar-refractivity contribution in [2.45, 2.75) is 0 Å². The Morgan fingerprint density at radius 1 is 0.421 bits per heavy atom. The number of nitrogens with two attached hydrogens (primary N) is 2. The zero-order valence-electron chi connectivity index (χ0n) is 20.8. The van der Waals surface area contributed by atoms with Crippen LogP contribution in [0.5, 0.6) is 0 Å². The molecule has 4 N–H and O–H groups in total. The van der Waals surface area contributed by atoms with Gasteiger partial charge in [0.15, 0.2) is 0 Å². The zero-order valence-corrected chi connectivity index (χ0v) is 20.8. The van der Waals surface area contributed by atoms with E-state index in [1.165, 1.54) is 0 Å². The van der Waals surface area contributed by atoms with Crippen molar-refractivity contribution in [2.75, 3.05) is 11.5 Å². The number of hydrogen-bond acceptors (Lipinski definition) is 2. The Balaban J connectivity index is 1.66. The number of para-hydroxylation sites is 4. The summed E-state index contributed by atoms with van der Waals surface area (Å²) in [5.41, 5.74) is 23.6. The number of hydrogen-bond donors (Lipinski definition) is 2. The molecule has 0 saturated carbocycles. The third kappa shape index (κ3) is 3.24. The SMILES string of the molecule is Nc1c(-c2c(N)c3ccccc3n2-c2ccccc2-c2ccccc2)n(-c2ccccc2)c2ccccc12. The van der Waals surface area contributed by atoms with Crippen molar-refractivity contribution in [3.8, 4) is 33.9 Å². The van der Waals surface area contributed by atoms with Gasteiger partial charge in [-0.15, -0.1) is 0 Å². The Kier molecular flexibility index (Phi) is 5.05. The molecular formula is C34H26N4. The predicted molar refractivity (Wildman–Crippen MR) is 160 cm³/mol. The Bertz CT molecular complexity index is 1930. The number of anilines is 2. The van der Waals surface area contributed by atoms with Crippen molar-refractivity contribution in [3.05, 3.63) is 133 Å². The number of aromatic nitrogens is 2. The van der Waals surface area contributed by atoms with Crippen LogP contribution in [0.2, 0.25) is 0 Å². The number of rotatable bonds is 4. The van der Waals surface area contributed by atoms with Crippen molar-refractivity contribution in [3.63, 3.8) is 0 Å². The molecule has 0 spiro atoms.